The zero-order valence-corrected chi connectivity index (χ0v) is 23.3. The molecule has 3 aromatic rings. The van der Waals surface area contributed by atoms with E-state index in [1.807, 2.05) is 13.8 Å². The molecule has 0 radical (unpaired) electrons. The summed E-state index contributed by atoms with van der Waals surface area (Å²) in [5, 5.41) is 14.2. The van der Waals surface area contributed by atoms with E-state index in [1.54, 1.807) is 36.4 Å². The average Bonchev–Trinajstić information content (AvgIpc) is 2.96. The third-order valence-electron chi connectivity index (χ3n) is 6.75. The molecular formula is C29H25BrClFN2O4. The fourth-order valence-corrected chi connectivity index (χ4v) is 5.87. The number of phenols is 1. The van der Waals surface area contributed by atoms with E-state index in [0.717, 1.165) is 0 Å². The van der Waals surface area contributed by atoms with Gasteiger partial charge in [0.05, 0.1) is 16.2 Å². The molecule has 0 bridgehead atoms. The number of benzene rings is 3. The predicted octanol–water partition coefficient (Wildman–Crippen LogP) is 7.90. The maximum atomic E-state index is 14.4. The number of ether oxygens (including phenoxy) is 1. The van der Waals surface area contributed by atoms with Crippen LogP contribution in [-0.2, 0) is 9.59 Å². The Morgan fingerprint density at radius 3 is 2.61 bits per heavy atom. The van der Waals surface area contributed by atoms with Crippen LogP contribution in [0.2, 0.25) is 5.02 Å². The lowest BCUT2D eigenvalue weighted by Crippen LogP contribution is -2.38. The molecular weight excluding hydrogens is 575 g/mol. The van der Waals surface area contributed by atoms with Crippen LogP contribution in [0.5, 0.6) is 17.2 Å². The van der Waals surface area contributed by atoms with Crippen molar-refractivity contribution >= 4 is 50.6 Å². The number of fused-ring (bicyclic) bond motifs is 1. The van der Waals surface area contributed by atoms with Crippen LogP contribution in [0.25, 0.3) is 0 Å². The molecule has 1 heterocycles. The summed E-state index contributed by atoms with van der Waals surface area (Å²) in [7, 11) is 0. The number of allylic oxidation sites excluding steroid dienone is 1. The topological polar surface area (TPSA) is 78.9 Å². The number of amides is 1. The summed E-state index contributed by atoms with van der Waals surface area (Å²) in [5.41, 5.74) is 2.01. The second kappa shape index (κ2) is 9.75. The minimum absolute atomic E-state index is 0.0134. The van der Waals surface area contributed by atoms with Gasteiger partial charge in [0.15, 0.2) is 17.3 Å². The van der Waals surface area contributed by atoms with Gasteiger partial charge in [-0.25, -0.2) is 4.39 Å². The van der Waals surface area contributed by atoms with Gasteiger partial charge in [0.2, 0.25) is 5.91 Å². The van der Waals surface area contributed by atoms with E-state index in [9.17, 15) is 19.1 Å². The summed E-state index contributed by atoms with van der Waals surface area (Å²) in [6.07, 6.45) is 0.822. The lowest BCUT2D eigenvalue weighted by Gasteiger charge is -2.37. The van der Waals surface area contributed by atoms with Crippen LogP contribution in [-0.4, -0.2) is 16.8 Å². The van der Waals surface area contributed by atoms with Crippen molar-refractivity contribution in [3.05, 3.63) is 86.7 Å². The summed E-state index contributed by atoms with van der Waals surface area (Å²) in [4.78, 5) is 28.3. The number of phenolic OH excluding ortho intramolecular Hbond substituents is 1. The van der Waals surface area contributed by atoms with Crippen molar-refractivity contribution in [1.29, 1.82) is 0 Å². The maximum Gasteiger partial charge on any atom is 0.224 e. The zero-order valence-electron chi connectivity index (χ0n) is 20.9. The van der Waals surface area contributed by atoms with E-state index in [1.165, 1.54) is 30.0 Å². The number of para-hydroxylation sites is 2. The van der Waals surface area contributed by atoms with Gasteiger partial charge in [-0.2, -0.15) is 0 Å². The Labute approximate surface area is 233 Å². The number of hydrogen-bond acceptors (Lipinski definition) is 5. The van der Waals surface area contributed by atoms with Crippen molar-refractivity contribution in [2.75, 3.05) is 10.2 Å². The Balaban J connectivity index is 1.68. The first-order valence-corrected chi connectivity index (χ1v) is 13.2. The third kappa shape index (κ3) is 4.67. The molecule has 38 heavy (non-hydrogen) atoms. The minimum atomic E-state index is -0.858. The van der Waals surface area contributed by atoms with Gasteiger partial charge < -0.3 is 15.2 Å². The van der Waals surface area contributed by atoms with Gasteiger partial charge in [0.1, 0.15) is 17.2 Å². The molecule has 1 aliphatic carbocycles. The van der Waals surface area contributed by atoms with Crippen molar-refractivity contribution in [2.24, 2.45) is 5.41 Å². The number of rotatable bonds is 3. The molecule has 3 aromatic carbocycles. The van der Waals surface area contributed by atoms with Crippen molar-refractivity contribution in [2.45, 2.75) is 39.7 Å². The van der Waals surface area contributed by atoms with Crippen LogP contribution in [0, 0.1) is 11.2 Å². The standard InChI is InChI=1S/C29H25BrClFN2O4/c1-15(35)34-22-8-5-9-23(36)26(22)33-21-13-29(2,3)14-24(37)25(21)27(34)17-11-10-16(12-19(17)31)38-28-18(30)6-4-7-20(28)32/h4-12,27,33,36H,13-14H2,1-3H3. The number of ketones is 1. The highest BCUT2D eigenvalue weighted by Crippen LogP contribution is 2.51. The SMILES string of the molecule is CC(=O)N1c2cccc(O)c2NC2=C(C(=O)CC(C)(C)C2)C1c1ccc(Oc2c(F)cccc2Br)cc1Cl. The molecule has 196 valence electrons. The molecule has 6 nitrogen and oxygen atoms in total. The largest absolute Gasteiger partial charge is 0.506 e. The molecule has 2 aliphatic rings. The first-order chi connectivity index (χ1) is 18.0. The van der Waals surface area contributed by atoms with E-state index in [0.29, 0.717) is 39.1 Å². The molecule has 2 N–H and O–H groups in total. The summed E-state index contributed by atoms with van der Waals surface area (Å²) in [5.74, 6) is -0.727. The first-order valence-electron chi connectivity index (χ1n) is 12.0. The normalized spacial score (nSPS) is 18.3. The van der Waals surface area contributed by atoms with Crippen molar-refractivity contribution in [3.8, 4) is 17.2 Å². The summed E-state index contributed by atoms with van der Waals surface area (Å²) in [6, 6.07) is 13.4. The zero-order chi connectivity index (χ0) is 27.4. The van der Waals surface area contributed by atoms with Crippen molar-refractivity contribution in [3.63, 3.8) is 0 Å². The molecule has 0 saturated carbocycles. The molecule has 0 aromatic heterocycles. The number of hydrogen-bond donors (Lipinski definition) is 2. The van der Waals surface area contributed by atoms with Crippen LogP contribution in [0.3, 0.4) is 0 Å². The smallest absolute Gasteiger partial charge is 0.224 e. The second-order valence-corrected chi connectivity index (χ2v) is 11.5. The molecule has 0 spiro atoms. The fourth-order valence-electron chi connectivity index (χ4n) is 5.18. The molecule has 1 aliphatic heterocycles. The molecule has 1 unspecified atom stereocenters. The van der Waals surface area contributed by atoms with Crippen molar-refractivity contribution < 1.29 is 23.8 Å². The molecule has 0 saturated heterocycles. The Bertz CT molecular complexity index is 1500. The Hall–Kier alpha value is -3.36. The first kappa shape index (κ1) is 26.3. The van der Waals surface area contributed by atoms with E-state index in [4.69, 9.17) is 16.3 Å². The fraction of sp³-hybridized carbons (Fsp3) is 0.241. The van der Waals surface area contributed by atoms with E-state index in [-0.39, 0.29) is 45.8 Å². The van der Waals surface area contributed by atoms with Crippen LogP contribution in [0.1, 0.15) is 45.2 Å². The highest BCUT2D eigenvalue weighted by atomic mass is 79.9. The number of halogens is 3. The molecule has 9 heteroatoms. The number of aromatic hydroxyl groups is 1. The molecule has 1 amide bonds. The number of nitrogens with zero attached hydrogens (tertiary/aromatic N) is 1. The van der Waals surface area contributed by atoms with Crippen molar-refractivity contribution in [1.82, 2.24) is 0 Å². The van der Waals surface area contributed by atoms with E-state index >= 15 is 0 Å². The van der Waals surface area contributed by atoms with Gasteiger partial charge in [-0.05, 0) is 69.7 Å². The quantitative estimate of drug-likeness (QED) is 0.299. The monoisotopic (exact) mass is 598 g/mol. The van der Waals surface area contributed by atoms with E-state index < -0.39 is 11.9 Å². The lowest BCUT2D eigenvalue weighted by molar-refractivity contribution is -0.118. The highest BCUT2D eigenvalue weighted by molar-refractivity contribution is 9.10. The number of carbonyl (C=O) groups is 2. The lowest BCUT2D eigenvalue weighted by atomic mass is 9.73. The van der Waals surface area contributed by atoms with Gasteiger partial charge in [0, 0.05) is 29.6 Å². The Morgan fingerprint density at radius 2 is 1.92 bits per heavy atom. The Morgan fingerprint density at radius 1 is 1.18 bits per heavy atom. The summed E-state index contributed by atoms with van der Waals surface area (Å²) in [6.45, 7) is 5.42. The van der Waals surface area contributed by atoms with Crippen LogP contribution >= 0.6 is 27.5 Å². The van der Waals surface area contributed by atoms with Gasteiger partial charge in [-0.15, -0.1) is 0 Å². The third-order valence-corrected chi connectivity index (χ3v) is 7.70. The molecule has 1 atom stereocenters. The number of Topliss-reactive ketones (excluding diaryl/α,β-unsaturated/α-hetero) is 1. The van der Waals surface area contributed by atoms with Gasteiger partial charge >= 0.3 is 0 Å². The minimum Gasteiger partial charge on any atom is -0.506 e. The summed E-state index contributed by atoms with van der Waals surface area (Å²) >= 11 is 10.1. The van der Waals surface area contributed by atoms with Gasteiger partial charge in [-0.1, -0.05) is 43.6 Å². The molecule has 0 fully saturated rings. The van der Waals surface area contributed by atoms with Crippen LogP contribution < -0.4 is 15.0 Å². The molecule has 5 rings (SSSR count). The number of carbonyl (C=O) groups excluding carboxylic acids is 2. The van der Waals surface area contributed by atoms with Crippen LogP contribution in [0.15, 0.2) is 70.3 Å². The highest BCUT2D eigenvalue weighted by Gasteiger charge is 2.43. The van der Waals surface area contributed by atoms with Gasteiger partial charge in [-0.3, -0.25) is 14.5 Å². The predicted molar refractivity (Wildman–Crippen MR) is 148 cm³/mol. The van der Waals surface area contributed by atoms with E-state index in [2.05, 4.69) is 21.2 Å². The maximum absolute atomic E-state index is 14.4. The van der Waals surface area contributed by atoms with Gasteiger partial charge in [0.25, 0.3) is 0 Å². The number of anilines is 2. The number of nitrogens with one attached hydrogen (secondary N) is 1. The summed E-state index contributed by atoms with van der Waals surface area (Å²) < 4.78 is 20.6. The average molecular weight is 600 g/mol. The second-order valence-electron chi connectivity index (χ2n) is 10.3. The van der Waals surface area contributed by atoms with Crippen LogP contribution in [0.4, 0.5) is 15.8 Å². The Kier molecular flexibility index (Phi) is 6.73.